The highest BCUT2D eigenvalue weighted by molar-refractivity contribution is 6.22. The fourth-order valence-electron chi connectivity index (χ4n) is 4.99. The summed E-state index contributed by atoms with van der Waals surface area (Å²) < 4.78 is 0. The number of anilines is 1. The van der Waals surface area contributed by atoms with E-state index in [0.717, 1.165) is 16.0 Å². The summed E-state index contributed by atoms with van der Waals surface area (Å²) in [5.74, 6) is -1.96. The predicted octanol–water partition coefficient (Wildman–Crippen LogP) is 1.51. The lowest BCUT2D eigenvalue weighted by molar-refractivity contribution is -0.885. The monoisotopic (exact) mass is 384 g/mol. The largest absolute Gasteiger partial charge is 0.295 e. The quantitative estimate of drug-likeness (QED) is 0.629. The van der Waals surface area contributed by atoms with E-state index in [1.165, 1.54) is 11.8 Å². The highest BCUT2D eigenvalue weighted by Crippen LogP contribution is 2.44. The number of rotatable bonds is 2. The van der Waals surface area contributed by atoms with Crippen LogP contribution < -0.4 is 9.80 Å². The van der Waals surface area contributed by atoms with Gasteiger partial charge in [-0.1, -0.05) is 24.3 Å². The van der Waals surface area contributed by atoms with Crippen LogP contribution in [0.2, 0.25) is 0 Å². The Morgan fingerprint density at radius 3 is 2.41 bits per heavy atom. The van der Waals surface area contributed by atoms with Gasteiger partial charge in [-0.2, -0.15) is 5.26 Å². The first-order valence-corrected chi connectivity index (χ1v) is 9.55. The summed E-state index contributed by atoms with van der Waals surface area (Å²) in [4.78, 5) is 40.3. The number of carbonyl (C=O) groups excluding carboxylic acids is 3. The van der Waals surface area contributed by atoms with E-state index >= 15 is 0 Å². The number of Topliss-reactive ketones (excluding diaryl/α,β-unsaturated/α-hetero) is 1. The number of quaternary nitrogens is 1. The van der Waals surface area contributed by atoms with Gasteiger partial charge >= 0.3 is 0 Å². The number of ketones is 1. The molecule has 0 aromatic heterocycles. The van der Waals surface area contributed by atoms with Gasteiger partial charge in [0.05, 0.1) is 11.9 Å². The summed E-state index contributed by atoms with van der Waals surface area (Å²) in [6.07, 6.45) is 3.87. The fraction of sp³-hybridized carbons (Fsp3) is 0.217. The van der Waals surface area contributed by atoms with Gasteiger partial charge in [-0.15, -0.1) is 0 Å². The Hall–Kier alpha value is -3.56. The number of hydrogen-bond acceptors (Lipinski definition) is 4. The van der Waals surface area contributed by atoms with Crippen LogP contribution >= 0.6 is 0 Å². The van der Waals surface area contributed by atoms with Gasteiger partial charge in [-0.25, -0.2) is 4.90 Å². The first-order chi connectivity index (χ1) is 14.0. The van der Waals surface area contributed by atoms with Crippen molar-refractivity contribution in [3.05, 3.63) is 71.4 Å². The molecule has 29 heavy (non-hydrogen) atoms. The third-order valence-electron chi connectivity index (χ3n) is 6.29. The standard InChI is InChI=1S/C23H17N3O3/c1-13(27)14-6-8-16(9-7-14)26-22(28)19-18(12-24)25-11-10-15-4-2-3-5-17(15)21(25)20(19)23(26)29/h2-11,18-21H,1H3/p+1/t18-,19+,20+,21+/m1/s1. The summed E-state index contributed by atoms with van der Waals surface area (Å²) in [5.41, 5.74) is 2.97. The minimum atomic E-state index is -0.684. The molecule has 1 N–H and O–H groups in total. The van der Waals surface area contributed by atoms with Crippen LogP contribution in [0.25, 0.3) is 6.08 Å². The first kappa shape index (κ1) is 17.5. The molecule has 3 aliphatic heterocycles. The molecule has 2 aromatic rings. The molecule has 2 fully saturated rings. The molecule has 6 nitrogen and oxygen atoms in total. The summed E-state index contributed by atoms with van der Waals surface area (Å²) in [5, 5.41) is 9.83. The Morgan fingerprint density at radius 1 is 1.03 bits per heavy atom. The highest BCUT2D eigenvalue weighted by atomic mass is 16.2. The Kier molecular flexibility index (Phi) is 3.76. The molecule has 3 aliphatic rings. The van der Waals surface area contributed by atoms with E-state index in [1.54, 1.807) is 24.3 Å². The summed E-state index contributed by atoms with van der Waals surface area (Å²) in [6, 6.07) is 15.7. The Bertz CT molecular complexity index is 1130. The molecule has 3 heterocycles. The summed E-state index contributed by atoms with van der Waals surface area (Å²) in [7, 11) is 0. The maximum atomic E-state index is 13.4. The van der Waals surface area contributed by atoms with E-state index in [1.807, 2.05) is 36.5 Å². The van der Waals surface area contributed by atoms with Crippen molar-refractivity contribution in [1.29, 1.82) is 5.26 Å². The van der Waals surface area contributed by atoms with Crippen molar-refractivity contribution >= 4 is 29.4 Å². The van der Waals surface area contributed by atoms with Crippen molar-refractivity contribution in [2.45, 2.75) is 19.0 Å². The molecule has 2 saturated heterocycles. The molecule has 2 amide bonds. The lowest BCUT2D eigenvalue weighted by atomic mass is 9.85. The number of carbonyl (C=O) groups is 3. The zero-order valence-corrected chi connectivity index (χ0v) is 15.7. The molecule has 142 valence electrons. The van der Waals surface area contributed by atoms with Crippen LogP contribution in [0.4, 0.5) is 5.69 Å². The van der Waals surface area contributed by atoms with Crippen LogP contribution in [0.1, 0.15) is 34.5 Å². The molecule has 2 aromatic carbocycles. The van der Waals surface area contributed by atoms with Crippen molar-refractivity contribution in [3.8, 4) is 6.07 Å². The van der Waals surface area contributed by atoms with E-state index in [-0.39, 0.29) is 23.6 Å². The molecule has 5 atom stereocenters. The van der Waals surface area contributed by atoms with Crippen LogP contribution in [0, 0.1) is 23.2 Å². The number of nitrogens with zero attached hydrogens (tertiary/aromatic N) is 2. The maximum Gasteiger partial charge on any atom is 0.245 e. The molecule has 0 spiro atoms. The second kappa shape index (κ2) is 6.23. The van der Waals surface area contributed by atoms with Gasteiger partial charge in [0.1, 0.15) is 23.9 Å². The topological polar surface area (TPSA) is 82.7 Å². The van der Waals surface area contributed by atoms with Crippen molar-refractivity contribution in [1.82, 2.24) is 0 Å². The average Bonchev–Trinajstić information content (AvgIpc) is 3.20. The number of benzene rings is 2. The Morgan fingerprint density at radius 2 is 1.72 bits per heavy atom. The number of hydrogen-bond donors (Lipinski definition) is 1. The summed E-state index contributed by atoms with van der Waals surface area (Å²) >= 11 is 0. The van der Waals surface area contributed by atoms with Gasteiger partial charge in [0, 0.05) is 11.1 Å². The van der Waals surface area contributed by atoms with Crippen molar-refractivity contribution in [2.75, 3.05) is 4.90 Å². The number of amides is 2. The lowest BCUT2D eigenvalue weighted by Gasteiger charge is -2.28. The van der Waals surface area contributed by atoms with Crippen molar-refractivity contribution < 1.29 is 19.3 Å². The number of imide groups is 1. The minimum absolute atomic E-state index is 0.0816. The Labute approximate surface area is 167 Å². The second-order valence-electron chi connectivity index (χ2n) is 7.71. The van der Waals surface area contributed by atoms with Crippen LogP contribution in [0.5, 0.6) is 0 Å². The van der Waals surface area contributed by atoms with Crippen LogP contribution in [0.3, 0.4) is 0 Å². The molecule has 5 rings (SSSR count). The van der Waals surface area contributed by atoms with Gasteiger partial charge in [-0.05, 0) is 42.8 Å². The number of nitriles is 1. The van der Waals surface area contributed by atoms with Crippen molar-refractivity contribution in [2.24, 2.45) is 11.8 Å². The van der Waals surface area contributed by atoms with Gasteiger partial charge in [0.2, 0.25) is 11.8 Å². The van der Waals surface area contributed by atoms with E-state index < -0.39 is 17.9 Å². The zero-order valence-electron chi connectivity index (χ0n) is 15.7. The SMILES string of the molecule is CC(=O)c1ccc(N2C(=O)[C@@H]3[C@H](C2=O)[C@@H]2c4ccccc4C=C[NH+]2[C@@H]3C#N)cc1. The van der Waals surface area contributed by atoms with Crippen molar-refractivity contribution in [3.63, 3.8) is 0 Å². The third-order valence-corrected chi connectivity index (χ3v) is 6.29. The third kappa shape index (κ3) is 2.35. The molecule has 0 bridgehead atoms. The van der Waals surface area contributed by atoms with Crippen LogP contribution in [0.15, 0.2) is 54.7 Å². The number of fused-ring (bicyclic) bond motifs is 5. The minimum Gasteiger partial charge on any atom is -0.295 e. The van der Waals surface area contributed by atoms with E-state index in [0.29, 0.717) is 11.3 Å². The molecular weight excluding hydrogens is 366 g/mol. The molecule has 6 heteroatoms. The normalized spacial score (nSPS) is 29.2. The molecule has 1 unspecified atom stereocenters. The first-order valence-electron chi connectivity index (χ1n) is 9.55. The van der Waals surface area contributed by atoms with E-state index in [2.05, 4.69) is 6.07 Å². The van der Waals surface area contributed by atoms with E-state index in [9.17, 15) is 19.6 Å². The Balaban J connectivity index is 1.59. The van der Waals surface area contributed by atoms with E-state index in [4.69, 9.17) is 0 Å². The second-order valence-corrected chi connectivity index (χ2v) is 7.71. The smallest absolute Gasteiger partial charge is 0.245 e. The molecule has 0 aliphatic carbocycles. The molecule has 0 saturated carbocycles. The number of nitrogens with one attached hydrogen (secondary N) is 1. The highest BCUT2D eigenvalue weighted by Gasteiger charge is 2.66. The fourth-order valence-corrected chi connectivity index (χ4v) is 4.99. The molecular formula is C23H18N3O3+. The average molecular weight is 384 g/mol. The van der Waals surface area contributed by atoms with Gasteiger partial charge in [0.25, 0.3) is 0 Å². The van der Waals surface area contributed by atoms with Gasteiger partial charge in [-0.3, -0.25) is 19.3 Å². The summed E-state index contributed by atoms with van der Waals surface area (Å²) in [6.45, 7) is 1.47. The van der Waals surface area contributed by atoms with Crippen LogP contribution in [-0.4, -0.2) is 23.6 Å². The zero-order chi connectivity index (χ0) is 20.3. The van der Waals surface area contributed by atoms with Gasteiger partial charge < -0.3 is 0 Å². The predicted molar refractivity (Wildman–Crippen MR) is 105 cm³/mol. The lowest BCUT2D eigenvalue weighted by Crippen LogP contribution is -3.10. The van der Waals surface area contributed by atoms with Crippen LogP contribution in [-0.2, 0) is 9.59 Å². The van der Waals surface area contributed by atoms with Gasteiger partial charge in [0.15, 0.2) is 11.8 Å². The maximum absolute atomic E-state index is 13.4. The molecule has 0 radical (unpaired) electrons.